The summed E-state index contributed by atoms with van der Waals surface area (Å²) < 4.78 is 5.11. The Bertz CT molecular complexity index is 200. The van der Waals surface area contributed by atoms with Crippen LogP contribution in [0.1, 0.15) is 47.5 Å². The highest BCUT2D eigenvalue weighted by Crippen LogP contribution is 2.10. The van der Waals surface area contributed by atoms with E-state index in [1.807, 2.05) is 20.8 Å². The lowest BCUT2D eigenvalue weighted by Crippen LogP contribution is -2.18. The van der Waals surface area contributed by atoms with E-state index in [-0.39, 0.29) is 18.0 Å². The van der Waals surface area contributed by atoms with Crippen LogP contribution in [0.5, 0.6) is 0 Å². The van der Waals surface area contributed by atoms with Crippen LogP contribution in [0.15, 0.2) is 11.6 Å². The molecule has 0 aliphatic heterocycles. The predicted octanol–water partition coefficient (Wildman–Crippen LogP) is 3.32. The summed E-state index contributed by atoms with van der Waals surface area (Å²) in [6.45, 7) is 9.80. The molecule has 2 nitrogen and oxygen atoms in total. The van der Waals surface area contributed by atoms with E-state index in [1.165, 1.54) is 5.57 Å². The zero-order valence-corrected chi connectivity index (χ0v) is 9.96. The summed E-state index contributed by atoms with van der Waals surface area (Å²) in [5.41, 5.74) is 1.30. The van der Waals surface area contributed by atoms with Crippen LogP contribution in [0.4, 0.5) is 0 Å². The van der Waals surface area contributed by atoms with Crippen LogP contribution in [-0.4, -0.2) is 12.1 Å². The zero-order valence-electron chi connectivity index (χ0n) is 9.96. The molecule has 0 bridgehead atoms. The van der Waals surface area contributed by atoms with Gasteiger partial charge in [0, 0.05) is 0 Å². The maximum Gasteiger partial charge on any atom is 0.308 e. The van der Waals surface area contributed by atoms with Crippen LogP contribution in [0.3, 0.4) is 0 Å². The van der Waals surface area contributed by atoms with Gasteiger partial charge in [-0.15, -0.1) is 0 Å². The molecule has 0 aliphatic carbocycles. The Balaban J connectivity index is 3.79. The standard InChI is InChI=1S/C12H22O2/c1-9(2)7-6-8-11(5)12(13)14-10(3)4/h7,10-11H,6,8H2,1-5H3. The first kappa shape index (κ1) is 13.2. The average Bonchev–Trinajstić information content (AvgIpc) is 2.01. The minimum Gasteiger partial charge on any atom is -0.463 e. The SMILES string of the molecule is CC(C)=CCCC(C)C(=O)OC(C)C. The zero-order chi connectivity index (χ0) is 11.1. The molecule has 82 valence electrons. The maximum atomic E-state index is 11.4. The molecule has 2 heteroatoms. The topological polar surface area (TPSA) is 26.3 Å². The van der Waals surface area contributed by atoms with Crippen molar-refractivity contribution in [2.45, 2.75) is 53.6 Å². The molecule has 0 N–H and O–H groups in total. The molecular formula is C12H22O2. The molecule has 0 saturated heterocycles. The normalized spacial score (nSPS) is 12.4. The lowest BCUT2D eigenvalue weighted by Gasteiger charge is -2.12. The van der Waals surface area contributed by atoms with Gasteiger partial charge in [-0.05, 0) is 40.5 Å². The fraction of sp³-hybridized carbons (Fsp3) is 0.750. The van der Waals surface area contributed by atoms with Crippen molar-refractivity contribution in [2.24, 2.45) is 5.92 Å². The van der Waals surface area contributed by atoms with Crippen molar-refractivity contribution in [3.05, 3.63) is 11.6 Å². The van der Waals surface area contributed by atoms with Crippen molar-refractivity contribution in [1.82, 2.24) is 0 Å². The number of esters is 1. The van der Waals surface area contributed by atoms with Crippen LogP contribution in [0.25, 0.3) is 0 Å². The molecule has 0 aromatic heterocycles. The van der Waals surface area contributed by atoms with E-state index in [2.05, 4.69) is 19.9 Å². The highest BCUT2D eigenvalue weighted by molar-refractivity contribution is 5.72. The molecule has 0 aromatic rings. The van der Waals surface area contributed by atoms with E-state index in [9.17, 15) is 4.79 Å². The molecule has 1 unspecified atom stereocenters. The Morgan fingerprint density at radius 1 is 1.29 bits per heavy atom. The Hall–Kier alpha value is -0.790. The molecule has 0 saturated carbocycles. The van der Waals surface area contributed by atoms with Crippen LogP contribution in [-0.2, 0) is 9.53 Å². The highest BCUT2D eigenvalue weighted by atomic mass is 16.5. The monoisotopic (exact) mass is 198 g/mol. The molecule has 0 aromatic carbocycles. The number of carbonyl (C=O) groups excluding carboxylic acids is 1. The highest BCUT2D eigenvalue weighted by Gasteiger charge is 2.14. The molecule has 0 spiro atoms. The lowest BCUT2D eigenvalue weighted by molar-refractivity contribution is -0.151. The largest absolute Gasteiger partial charge is 0.463 e. The second kappa shape index (κ2) is 6.63. The average molecular weight is 198 g/mol. The van der Waals surface area contributed by atoms with Crippen molar-refractivity contribution < 1.29 is 9.53 Å². The summed E-state index contributed by atoms with van der Waals surface area (Å²) in [5, 5.41) is 0. The number of hydrogen-bond donors (Lipinski definition) is 0. The number of allylic oxidation sites excluding steroid dienone is 2. The Labute approximate surface area is 87.3 Å². The molecule has 0 rings (SSSR count). The Morgan fingerprint density at radius 2 is 1.86 bits per heavy atom. The molecule has 14 heavy (non-hydrogen) atoms. The van der Waals surface area contributed by atoms with E-state index >= 15 is 0 Å². The first-order valence-electron chi connectivity index (χ1n) is 5.27. The van der Waals surface area contributed by atoms with Gasteiger partial charge in [0.2, 0.25) is 0 Å². The van der Waals surface area contributed by atoms with E-state index in [1.54, 1.807) is 0 Å². The Kier molecular flexibility index (Phi) is 6.26. The lowest BCUT2D eigenvalue weighted by atomic mass is 10.1. The third-order valence-corrected chi connectivity index (χ3v) is 1.91. The summed E-state index contributed by atoms with van der Waals surface area (Å²) in [7, 11) is 0. The van der Waals surface area contributed by atoms with Gasteiger partial charge in [0.1, 0.15) is 0 Å². The van der Waals surface area contributed by atoms with E-state index in [0.29, 0.717) is 0 Å². The van der Waals surface area contributed by atoms with Crippen LogP contribution in [0.2, 0.25) is 0 Å². The van der Waals surface area contributed by atoms with Crippen LogP contribution < -0.4 is 0 Å². The summed E-state index contributed by atoms with van der Waals surface area (Å²) >= 11 is 0. The Morgan fingerprint density at radius 3 is 2.29 bits per heavy atom. The minimum absolute atomic E-state index is 0.00611. The fourth-order valence-corrected chi connectivity index (χ4v) is 1.09. The van der Waals surface area contributed by atoms with Gasteiger partial charge < -0.3 is 4.74 Å². The summed E-state index contributed by atoms with van der Waals surface area (Å²) in [6, 6.07) is 0. The molecule has 0 aliphatic rings. The molecule has 0 amide bonds. The quantitative estimate of drug-likeness (QED) is 0.500. The fourth-order valence-electron chi connectivity index (χ4n) is 1.09. The second-order valence-electron chi connectivity index (χ2n) is 4.25. The third-order valence-electron chi connectivity index (χ3n) is 1.91. The summed E-state index contributed by atoms with van der Waals surface area (Å²) in [6.07, 6.45) is 3.97. The first-order valence-corrected chi connectivity index (χ1v) is 5.27. The smallest absolute Gasteiger partial charge is 0.308 e. The number of hydrogen-bond acceptors (Lipinski definition) is 2. The van der Waals surface area contributed by atoms with Gasteiger partial charge in [-0.25, -0.2) is 0 Å². The van der Waals surface area contributed by atoms with Crippen molar-refractivity contribution in [3.8, 4) is 0 Å². The van der Waals surface area contributed by atoms with E-state index in [0.717, 1.165) is 12.8 Å². The van der Waals surface area contributed by atoms with Gasteiger partial charge in [0.05, 0.1) is 12.0 Å². The summed E-state index contributed by atoms with van der Waals surface area (Å²) in [5.74, 6) is -0.0739. The van der Waals surface area contributed by atoms with Crippen molar-refractivity contribution in [1.29, 1.82) is 0 Å². The minimum atomic E-state index is -0.0813. The molecule has 0 fully saturated rings. The van der Waals surface area contributed by atoms with Gasteiger partial charge in [0.15, 0.2) is 0 Å². The molecule has 1 atom stereocenters. The predicted molar refractivity (Wildman–Crippen MR) is 59.1 cm³/mol. The third kappa shape index (κ3) is 6.70. The van der Waals surface area contributed by atoms with Gasteiger partial charge in [-0.1, -0.05) is 18.6 Å². The van der Waals surface area contributed by atoms with Crippen LogP contribution >= 0.6 is 0 Å². The second-order valence-corrected chi connectivity index (χ2v) is 4.25. The molecule has 0 heterocycles. The van der Waals surface area contributed by atoms with Crippen molar-refractivity contribution in [2.75, 3.05) is 0 Å². The number of rotatable bonds is 5. The number of carbonyl (C=O) groups is 1. The maximum absolute atomic E-state index is 11.4. The number of ether oxygens (including phenoxy) is 1. The molecular weight excluding hydrogens is 176 g/mol. The summed E-state index contributed by atoms with van der Waals surface area (Å²) in [4.78, 5) is 11.4. The molecule has 0 radical (unpaired) electrons. The first-order chi connectivity index (χ1) is 6.43. The van der Waals surface area contributed by atoms with Crippen molar-refractivity contribution in [3.63, 3.8) is 0 Å². The van der Waals surface area contributed by atoms with Gasteiger partial charge in [0.25, 0.3) is 0 Å². The van der Waals surface area contributed by atoms with Crippen LogP contribution in [0, 0.1) is 5.92 Å². The van der Waals surface area contributed by atoms with Gasteiger partial charge >= 0.3 is 5.97 Å². The van der Waals surface area contributed by atoms with Crippen molar-refractivity contribution >= 4 is 5.97 Å². The van der Waals surface area contributed by atoms with Gasteiger partial charge in [-0.3, -0.25) is 4.79 Å². The van der Waals surface area contributed by atoms with E-state index < -0.39 is 0 Å². The van der Waals surface area contributed by atoms with E-state index in [4.69, 9.17) is 4.74 Å². The van der Waals surface area contributed by atoms with Gasteiger partial charge in [-0.2, -0.15) is 0 Å².